The van der Waals surface area contributed by atoms with E-state index in [-0.39, 0.29) is 6.10 Å². The Labute approximate surface area is 105 Å². The van der Waals surface area contributed by atoms with Gasteiger partial charge in [-0.25, -0.2) is 0 Å². The predicted molar refractivity (Wildman–Crippen MR) is 72.2 cm³/mol. The lowest BCUT2D eigenvalue weighted by molar-refractivity contribution is 0.199. The van der Waals surface area contributed by atoms with E-state index < -0.39 is 0 Å². The van der Waals surface area contributed by atoms with Crippen LogP contribution in [0.25, 0.3) is 0 Å². The molecule has 94 valence electrons. The van der Waals surface area contributed by atoms with Crippen molar-refractivity contribution in [2.75, 3.05) is 0 Å². The second-order valence-electron chi connectivity index (χ2n) is 6.40. The zero-order valence-corrected chi connectivity index (χ0v) is 11.5. The molecule has 0 heterocycles. The summed E-state index contributed by atoms with van der Waals surface area (Å²) in [5, 5.41) is 9.68. The Kier molecular flexibility index (Phi) is 3.31. The Hall–Kier alpha value is -0.820. The summed E-state index contributed by atoms with van der Waals surface area (Å²) in [7, 11) is 0. The molecule has 0 radical (unpaired) electrons. The summed E-state index contributed by atoms with van der Waals surface area (Å²) in [5.41, 5.74) is 4.42. The second-order valence-corrected chi connectivity index (χ2v) is 6.40. The molecule has 1 N–H and O–H groups in total. The molecule has 0 saturated heterocycles. The third-order valence-corrected chi connectivity index (χ3v) is 4.11. The van der Waals surface area contributed by atoms with E-state index in [1.165, 1.54) is 30.4 Å². The van der Waals surface area contributed by atoms with Gasteiger partial charge in [0.2, 0.25) is 0 Å². The van der Waals surface area contributed by atoms with Crippen LogP contribution in [0.3, 0.4) is 0 Å². The maximum Gasteiger partial charge on any atom is 0.0762 e. The van der Waals surface area contributed by atoms with E-state index in [9.17, 15) is 5.11 Å². The highest BCUT2D eigenvalue weighted by Gasteiger charge is 2.27. The molecule has 2 atom stereocenters. The molecule has 1 nitrogen and oxygen atoms in total. The fourth-order valence-corrected chi connectivity index (χ4v) is 3.07. The number of benzene rings is 1. The molecule has 0 spiro atoms. The number of aliphatic hydroxyl groups is 1. The summed E-state index contributed by atoms with van der Waals surface area (Å²) in [6, 6.07) is 6.51. The average Bonchev–Trinajstić information content (AvgIpc) is 2.35. The SMILES string of the molecule is CC(O)c1ccc2c(c1)C(C)CC(C)(C)CC2. The van der Waals surface area contributed by atoms with Crippen LogP contribution in [-0.4, -0.2) is 5.11 Å². The van der Waals surface area contributed by atoms with Gasteiger partial charge in [0.05, 0.1) is 6.10 Å². The largest absolute Gasteiger partial charge is 0.389 e. The van der Waals surface area contributed by atoms with Crippen LogP contribution < -0.4 is 0 Å². The summed E-state index contributed by atoms with van der Waals surface area (Å²) in [5.74, 6) is 0.598. The van der Waals surface area contributed by atoms with Crippen LogP contribution in [0.5, 0.6) is 0 Å². The Morgan fingerprint density at radius 3 is 2.71 bits per heavy atom. The van der Waals surface area contributed by atoms with Crippen LogP contribution in [0, 0.1) is 5.41 Å². The number of hydrogen-bond acceptors (Lipinski definition) is 1. The van der Waals surface area contributed by atoms with Crippen molar-refractivity contribution in [3.05, 3.63) is 34.9 Å². The van der Waals surface area contributed by atoms with Crippen LogP contribution in [-0.2, 0) is 6.42 Å². The zero-order chi connectivity index (χ0) is 12.6. The minimum absolute atomic E-state index is 0.358. The number of rotatable bonds is 1. The molecule has 17 heavy (non-hydrogen) atoms. The molecule has 1 heteroatoms. The molecule has 0 amide bonds. The smallest absolute Gasteiger partial charge is 0.0762 e. The molecule has 2 rings (SSSR count). The van der Waals surface area contributed by atoms with Gasteiger partial charge in [0, 0.05) is 0 Å². The van der Waals surface area contributed by atoms with Gasteiger partial charge in [0.1, 0.15) is 0 Å². The number of aliphatic hydroxyl groups excluding tert-OH is 1. The maximum absolute atomic E-state index is 9.68. The molecular weight excluding hydrogens is 208 g/mol. The van der Waals surface area contributed by atoms with Gasteiger partial charge in [-0.2, -0.15) is 0 Å². The van der Waals surface area contributed by atoms with Gasteiger partial charge in [-0.3, -0.25) is 0 Å². The Morgan fingerprint density at radius 2 is 2.06 bits per heavy atom. The minimum atomic E-state index is -0.358. The lowest BCUT2D eigenvalue weighted by atomic mass is 9.81. The van der Waals surface area contributed by atoms with Gasteiger partial charge in [0.25, 0.3) is 0 Å². The van der Waals surface area contributed by atoms with E-state index >= 15 is 0 Å². The van der Waals surface area contributed by atoms with Gasteiger partial charge in [0.15, 0.2) is 0 Å². The molecule has 2 unspecified atom stereocenters. The molecule has 0 aromatic heterocycles. The first-order valence-corrected chi connectivity index (χ1v) is 6.70. The summed E-state index contributed by atoms with van der Waals surface area (Å²) in [6.45, 7) is 8.89. The van der Waals surface area contributed by atoms with Gasteiger partial charge in [-0.05, 0) is 54.2 Å². The van der Waals surface area contributed by atoms with Gasteiger partial charge >= 0.3 is 0 Å². The Morgan fingerprint density at radius 1 is 1.35 bits per heavy atom. The molecule has 0 saturated carbocycles. The van der Waals surface area contributed by atoms with E-state index in [2.05, 4.69) is 39.0 Å². The standard InChI is InChI=1S/C16H24O/c1-11-10-16(3,4)8-7-13-5-6-14(12(2)17)9-15(11)13/h5-6,9,11-12,17H,7-8,10H2,1-4H3. The van der Waals surface area contributed by atoms with Gasteiger partial charge < -0.3 is 5.11 Å². The van der Waals surface area contributed by atoms with Crippen molar-refractivity contribution in [3.63, 3.8) is 0 Å². The first-order valence-electron chi connectivity index (χ1n) is 6.70. The highest BCUT2D eigenvalue weighted by molar-refractivity contribution is 5.36. The molecular formula is C16H24O. The van der Waals surface area contributed by atoms with Crippen molar-refractivity contribution < 1.29 is 5.11 Å². The third kappa shape index (κ3) is 2.71. The van der Waals surface area contributed by atoms with Crippen molar-refractivity contribution in [1.82, 2.24) is 0 Å². The van der Waals surface area contributed by atoms with Crippen LogP contribution in [0.4, 0.5) is 0 Å². The summed E-state index contributed by atoms with van der Waals surface area (Å²) in [6.07, 6.45) is 3.32. The van der Waals surface area contributed by atoms with E-state index in [4.69, 9.17) is 0 Å². The third-order valence-electron chi connectivity index (χ3n) is 4.11. The summed E-state index contributed by atoms with van der Waals surface area (Å²) >= 11 is 0. The topological polar surface area (TPSA) is 20.2 Å². The lowest BCUT2D eigenvalue weighted by Gasteiger charge is -2.25. The van der Waals surface area contributed by atoms with Crippen molar-refractivity contribution in [2.45, 2.75) is 59.0 Å². The van der Waals surface area contributed by atoms with Crippen molar-refractivity contribution >= 4 is 0 Å². The van der Waals surface area contributed by atoms with Crippen molar-refractivity contribution in [2.24, 2.45) is 5.41 Å². The van der Waals surface area contributed by atoms with Crippen molar-refractivity contribution in [1.29, 1.82) is 0 Å². The van der Waals surface area contributed by atoms with Crippen LogP contribution >= 0.6 is 0 Å². The average molecular weight is 232 g/mol. The minimum Gasteiger partial charge on any atom is -0.389 e. The normalized spacial score (nSPS) is 24.9. The maximum atomic E-state index is 9.68. The van der Waals surface area contributed by atoms with E-state index in [0.717, 1.165) is 5.56 Å². The Balaban J connectivity index is 2.38. The second kappa shape index (κ2) is 4.45. The Bertz CT molecular complexity index is 404. The number of aryl methyl sites for hydroxylation is 1. The van der Waals surface area contributed by atoms with Crippen LogP contribution in [0.1, 0.15) is 69.2 Å². The highest BCUT2D eigenvalue weighted by Crippen LogP contribution is 2.40. The van der Waals surface area contributed by atoms with Gasteiger partial charge in [-0.15, -0.1) is 0 Å². The van der Waals surface area contributed by atoms with E-state index in [0.29, 0.717) is 11.3 Å². The first kappa shape index (κ1) is 12.6. The molecule has 1 aromatic rings. The molecule has 1 aromatic carbocycles. The molecule has 0 bridgehead atoms. The summed E-state index contributed by atoms with van der Waals surface area (Å²) < 4.78 is 0. The fourth-order valence-electron chi connectivity index (χ4n) is 3.07. The lowest BCUT2D eigenvalue weighted by Crippen LogP contribution is -2.12. The first-order chi connectivity index (χ1) is 7.89. The molecule has 0 aliphatic heterocycles. The van der Waals surface area contributed by atoms with E-state index in [1.807, 2.05) is 6.92 Å². The highest BCUT2D eigenvalue weighted by atomic mass is 16.3. The number of fused-ring (bicyclic) bond motifs is 1. The number of hydrogen-bond donors (Lipinski definition) is 1. The van der Waals surface area contributed by atoms with E-state index in [1.54, 1.807) is 0 Å². The van der Waals surface area contributed by atoms with Gasteiger partial charge in [-0.1, -0.05) is 39.0 Å². The monoisotopic (exact) mass is 232 g/mol. The molecule has 1 aliphatic rings. The summed E-state index contributed by atoms with van der Waals surface area (Å²) in [4.78, 5) is 0. The molecule has 0 fully saturated rings. The quantitative estimate of drug-likeness (QED) is 0.719. The fraction of sp³-hybridized carbons (Fsp3) is 0.625. The predicted octanol–water partition coefficient (Wildman–Crippen LogP) is 4.21. The molecule has 1 aliphatic carbocycles. The van der Waals surface area contributed by atoms with Crippen LogP contribution in [0.15, 0.2) is 18.2 Å². The van der Waals surface area contributed by atoms with Crippen molar-refractivity contribution in [3.8, 4) is 0 Å². The zero-order valence-electron chi connectivity index (χ0n) is 11.5. The van der Waals surface area contributed by atoms with Crippen LogP contribution in [0.2, 0.25) is 0 Å².